The Hall–Kier alpha value is -1.36. The van der Waals surface area contributed by atoms with Gasteiger partial charge >= 0.3 is 0 Å². The molecule has 2 N–H and O–H groups in total. The SMILES string of the molecule is COC1(c2nc(O)c(C)c(=O)[nH]2)CCC1. The van der Waals surface area contributed by atoms with Crippen LogP contribution in [0, 0.1) is 6.92 Å². The first-order valence-electron chi connectivity index (χ1n) is 4.94. The molecule has 0 radical (unpaired) electrons. The number of methoxy groups -OCH3 is 1. The number of hydrogen-bond donors (Lipinski definition) is 2. The van der Waals surface area contributed by atoms with Crippen LogP contribution < -0.4 is 5.56 Å². The molecule has 5 nitrogen and oxygen atoms in total. The molecule has 1 aromatic rings. The Kier molecular flexibility index (Phi) is 2.26. The molecular formula is C10H14N2O3. The summed E-state index contributed by atoms with van der Waals surface area (Å²) in [6.45, 7) is 1.53. The van der Waals surface area contributed by atoms with E-state index in [-0.39, 0.29) is 17.0 Å². The maximum Gasteiger partial charge on any atom is 0.257 e. The number of nitrogens with zero attached hydrogens (tertiary/aromatic N) is 1. The highest BCUT2D eigenvalue weighted by molar-refractivity contribution is 5.23. The molecule has 1 aliphatic carbocycles. The fourth-order valence-electron chi connectivity index (χ4n) is 1.77. The van der Waals surface area contributed by atoms with Crippen LogP contribution in [-0.4, -0.2) is 22.2 Å². The molecule has 1 aliphatic rings. The van der Waals surface area contributed by atoms with Crippen molar-refractivity contribution in [3.05, 3.63) is 21.7 Å². The summed E-state index contributed by atoms with van der Waals surface area (Å²) in [4.78, 5) is 18.1. The first-order chi connectivity index (χ1) is 7.09. The second kappa shape index (κ2) is 3.34. The van der Waals surface area contributed by atoms with Crippen LogP contribution in [-0.2, 0) is 10.3 Å². The highest BCUT2D eigenvalue weighted by Crippen LogP contribution is 2.42. The van der Waals surface area contributed by atoms with Crippen LogP contribution in [0.15, 0.2) is 4.79 Å². The number of aromatic hydroxyl groups is 1. The van der Waals surface area contributed by atoms with Gasteiger partial charge in [-0.3, -0.25) is 4.79 Å². The van der Waals surface area contributed by atoms with Gasteiger partial charge < -0.3 is 14.8 Å². The monoisotopic (exact) mass is 210 g/mol. The Balaban J connectivity index is 2.49. The normalized spacial score (nSPS) is 18.5. The molecular weight excluding hydrogens is 196 g/mol. The molecule has 1 saturated carbocycles. The van der Waals surface area contributed by atoms with E-state index in [0.29, 0.717) is 5.82 Å². The summed E-state index contributed by atoms with van der Waals surface area (Å²) < 4.78 is 5.37. The van der Waals surface area contributed by atoms with Gasteiger partial charge in [-0.15, -0.1) is 0 Å². The second-order valence-corrected chi connectivity index (χ2v) is 3.92. The molecule has 0 saturated heterocycles. The minimum absolute atomic E-state index is 0.211. The molecule has 5 heteroatoms. The van der Waals surface area contributed by atoms with Gasteiger partial charge in [-0.05, 0) is 26.2 Å². The molecule has 1 aromatic heterocycles. The average Bonchev–Trinajstić information content (AvgIpc) is 2.13. The highest BCUT2D eigenvalue weighted by atomic mass is 16.5. The molecule has 0 atom stereocenters. The van der Waals surface area contributed by atoms with Crippen LogP contribution in [0.5, 0.6) is 5.88 Å². The zero-order valence-corrected chi connectivity index (χ0v) is 8.83. The maximum atomic E-state index is 11.5. The van der Waals surface area contributed by atoms with Crippen LogP contribution >= 0.6 is 0 Å². The number of rotatable bonds is 2. The highest BCUT2D eigenvalue weighted by Gasteiger charge is 2.41. The van der Waals surface area contributed by atoms with E-state index >= 15 is 0 Å². The zero-order chi connectivity index (χ0) is 11.1. The van der Waals surface area contributed by atoms with Gasteiger partial charge in [0.1, 0.15) is 11.4 Å². The van der Waals surface area contributed by atoms with Gasteiger partial charge in [-0.2, -0.15) is 4.98 Å². The number of nitrogens with one attached hydrogen (secondary N) is 1. The summed E-state index contributed by atoms with van der Waals surface area (Å²) in [6, 6.07) is 0. The quantitative estimate of drug-likeness (QED) is 0.757. The predicted octanol–water partition coefficient (Wildman–Crippen LogP) is 0.810. The van der Waals surface area contributed by atoms with Gasteiger partial charge in [-0.1, -0.05) is 0 Å². The van der Waals surface area contributed by atoms with E-state index in [9.17, 15) is 9.90 Å². The summed E-state index contributed by atoms with van der Waals surface area (Å²) in [7, 11) is 1.59. The number of H-pyrrole nitrogens is 1. The van der Waals surface area contributed by atoms with Gasteiger partial charge in [-0.25, -0.2) is 0 Å². The van der Waals surface area contributed by atoms with E-state index in [4.69, 9.17) is 4.74 Å². The lowest BCUT2D eigenvalue weighted by Gasteiger charge is -2.39. The Labute approximate surface area is 87.1 Å². The van der Waals surface area contributed by atoms with Gasteiger partial charge in [0.15, 0.2) is 0 Å². The van der Waals surface area contributed by atoms with Gasteiger partial charge in [0.2, 0.25) is 5.88 Å². The number of hydrogen-bond acceptors (Lipinski definition) is 4. The Morgan fingerprint density at radius 1 is 1.53 bits per heavy atom. The van der Waals surface area contributed by atoms with Crippen LogP contribution in [0.4, 0.5) is 0 Å². The second-order valence-electron chi connectivity index (χ2n) is 3.92. The molecule has 0 spiro atoms. The summed E-state index contributed by atoms with van der Waals surface area (Å²) in [5.41, 5.74) is -0.560. The molecule has 1 heterocycles. The third kappa shape index (κ3) is 1.43. The number of aromatic amines is 1. The van der Waals surface area contributed by atoms with E-state index in [2.05, 4.69) is 9.97 Å². The van der Waals surface area contributed by atoms with E-state index in [1.165, 1.54) is 6.92 Å². The number of aromatic nitrogens is 2. The molecule has 0 bridgehead atoms. The van der Waals surface area contributed by atoms with Crippen molar-refractivity contribution in [3.8, 4) is 5.88 Å². The molecule has 0 aliphatic heterocycles. The van der Waals surface area contributed by atoms with Gasteiger partial charge in [0.05, 0.1) is 5.56 Å². The Bertz CT molecular complexity index is 429. The van der Waals surface area contributed by atoms with E-state index in [1.54, 1.807) is 7.11 Å². The van der Waals surface area contributed by atoms with Crippen molar-refractivity contribution >= 4 is 0 Å². The van der Waals surface area contributed by atoms with Crippen LogP contribution in [0.3, 0.4) is 0 Å². The van der Waals surface area contributed by atoms with Gasteiger partial charge in [0.25, 0.3) is 5.56 Å². The summed E-state index contributed by atoms with van der Waals surface area (Å²) >= 11 is 0. The molecule has 0 amide bonds. The van der Waals surface area contributed by atoms with Crippen LogP contribution in [0.2, 0.25) is 0 Å². The van der Waals surface area contributed by atoms with Crippen LogP contribution in [0.25, 0.3) is 0 Å². The van der Waals surface area contributed by atoms with Crippen molar-refractivity contribution in [2.75, 3.05) is 7.11 Å². The first kappa shape index (κ1) is 10.2. The third-order valence-electron chi connectivity index (χ3n) is 3.11. The molecule has 2 rings (SSSR count). The molecule has 82 valence electrons. The van der Waals surface area contributed by atoms with Crippen LogP contribution in [0.1, 0.15) is 30.7 Å². The maximum absolute atomic E-state index is 11.5. The lowest BCUT2D eigenvalue weighted by Crippen LogP contribution is -2.39. The van der Waals surface area contributed by atoms with E-state index in [1.807, 2.05) is 0 Å². The van der Waals surface area contributed by atoms with Crippen molar-refractivity contribution in [3.63, 3.8) is 0 Å². The Morgan fingerprint density at radius 3 is 2.60 bits per heavy atom. The summed E-state index contributed by atoms with van der Waals surface area (Å²) in [5, 5.41) is 9.47. The van der Waals surface area contributed by atoms with Crippen molar-refractivity contribution < 1.29 is 9.84 Å². The smallest absolute Gasteiger partial charge is 0.257 e. The molecule has 15 heavy (non-hydrogen) atoms. The van der Waals surface area contributed by atoms with E-state index in [0.717, 1.165) is 19.3 Å². The van der Waals surface area contributed by atoms with Crippen molar-refractivity contribution in [1.29, 1.82) is 0 Å². The van der Waals surface area contributed by atoms with E-state index < -0.39 is 5.60 Å². The first-order valence-corrected chi connectivity index (χ1v) is 4.94. The van der Waals surface area contributed by atoms with Crippen molar-refractivity contribution in [1.82, 2.24) is 9.97 Å². The predicted molar refractivity (Wildman–Crippen MR) is 53.8 cm³/mol. The fourth-order valence-corrected chi connectivity index (χ4v) is 1.77. The minimum Gasteiger partial charge on any atom is -0.493 e. The topological polar surface area (TPSA) is 75.2 Å². The fraction of sp³-hybridized carbons (Fsp3) is 0.600. The van der Waals surface area contributed by atoms with Gasteiger partial charge in [0, 0.05) is 7.11 Å². The number of ether oxygens (including phenoxy) is 1. The third-order valence-corrected chi connectivity index (χ3v) is 3.11. The minimum atomic E-state index is -0.496. The average molecular weight is 210 g/mol. The summed E-state index contributed by atoms with van der Waals surface area (Å²) in [6.07, 6.45) is 2.70. The lowest BCUT2D eigenvalue weighted by atomic mass is 9.79. The molecule has 0 aromatic carbocycles. The standard InChI is InChI=1S/C10H14N2O3/c1-6-7(13)11-9(12-8(6)14)10(15-2)4-3-5-10/h3-5H2,1-2H3,(H2,11,12,13,14). The largest absolute Gasteiger partial charge is 0.493 e. The molecule has 1 fully saturated rings. The zero-order valence-electron chi connectivity index (χ0n) is 8.83. The Morgan fingerprint density at radius 2 is 2.20 bits per heavy atom. The summed E-state index contributed by atoms with van der Waals surface area (Å²) in [5.74, 6) is 0.224. The lowest BCUT2D eigenvalue weighted by molar-refractivity contribution is -0.0851. The molecule has 0 unspecified atom stereocenters. The van der Waals surface area contributed by atoms with Crippen molar-refractivity contribution in [2.24, 2.45) is 0 Å². The van der Waals surface area contributed by atoms with Crippen molar-refractivity contribution in [2.45, 2.75) is 31.8 Å².